The van der Waals surface area contributed by atoms with E-state index in [9.17, 15) is 0 Å². The second-order valence-corrected chi connectivity index (χ2v) is 4.94. The van der Waals surface area contributed by atoms with Crippen LogP contribution in [0.1, 0.15) is 11.3 Å². The highest BCUT2D eigenvalue weighted by molar-refractivity contribution is 9.10. The predicted molar refractivity (Wildman–Crippen MR) is 76.0 cm³/mol. The normalized spacial score (nSPS) is 10.4. The van der Waals surface area contributed by atoms with Crippen LogP contribution in [0.3, 0.4) is 0 Å². The van der Waals surface area contributed by atoms with Crippen molar-refractivity contribution < 1.29 is 4.74 Å². The van der Waals surface area contributed by atoms with Crippen molar-refractivity contribution >= 4 is 21.6 Å². The highest BCUT2D eigenvalue weighted by Crippen LogP contribution is 2.28. The first kappa shape index (κ1) is 13.0. The number of hydrogen-bond acceptors (Lipinski definition) is 3. The smallest absolute Gasteiger partial charge is 0.135 e. The van der Waals surface area contributed by atoms with Crippen LogP contribution < -0.4 is 10.1 Å². The van der Waals surface area contributed by atoms with Gasteiger partial charge in [0.1, 0.15) is 5.75 Å². The van der Waals surface area contributed by atoms with Crippen molar-refractivity contribution in [1.29, 1.82) is 0 Å². The highest BCUT2D eigenvalue weighted by Gasteiger charge is 2.05. The molecular formula is C13H16BrN3O. The van der Waals surface area contributed by atoms with Gasteiger partial charge in [0.15, 0.2) is 0 Å². The summed E-state index contributed by atoms with van der Waals surface area (Å²) in [4.78, 5) is 0. The molecule has 2 aromatic rings. The number of rotatable bonds is 4. The van der Waals surface area contributed by atoms with Crippen LogP contribution in [-0.2, 0) is 13.6 Å². The molecule has 0 amide bonds. The number of nitrogens with zero attached hydrogens (tertiary/aromatic N) is 2. The van der Waals surface area contributed by atoms with Gasteiger partial charge in [0, 0.05) is 36.6 Å². The zero-order valence-corrected chi connectivity index (χ0v) is 12.3. The van der Waals surface area contributed by atoms with Gasteiger partial charge >= 0.3 is 0 Å². The van der Waals surface area contributed by atoms with Crippen molar-refractivity contribution in [2.24, 2.45) is 7.05 Å². The average molecular weight is 310 g/mol. The zero-order valence-electron chi connectivity index (χ0n) is 10.7. The second kappa shape index (κ2) is 5.44. The lowest BCUT2D eigenvalue weighted by molar-refractivity contribution is 0.412. The fourth-order valence-electron chi connectivity index (χ4n) is 1.68. The van der Waals surface area contributed by atoms with Crippen LogP contribution in [-0.4, -0.2) is 16.9 Å². The number of aromatic nitrogens is 2. The van der Waals surface area contributed by atoms with Gasteiger partial charge in [-0.1, -0.05) is 0 Å². The van der Waals surface area contributed by atoms with E-state index in [1.54, 1.807) is 7.11 Å². The third kappa shape index (κ3) is 2.67. The van der Waals surface area contributed by atoms with E-state index in [0.29, 0.717) is 0 Å². The lowest BCUT2D eigenvalue weighted by atomic mass is 10.2. The van der Waals surface area contributed by atoms with Crippen LogP contribution in [0, 0.1) is 6.92 Å². The number of halogens is 1. The molecule has 2 rings (SSSR count). The van der Waals surface area contributed by atoms with Gasteiger partial charge in [-0.05, 0) is 35.0 Å². The van der Waals surface area contributed by atoms with E-state index >= 15 is 0 Å². The molecule has 1 heterocycles. The minimum absolute atomic E-state index is 0.754. The Labute approximate surface area is 115 Å². The molecule has 18 heavy (non-hydrogen) atoms. The summed E-state index contributed by atoms with van der Waals surface area (Å²) in [6, 6.07) is 5.95. The van der Waals surface area contributed by atoms with E-state index < -0.39 is 0 Å². The van der Waals surface area contributed by atoms with Gasteiger partial charge in [0.2, 0.25) is 0 Å². The molecule has 0 atom stereocenters. The van der Waals surface area contributed by atoms with Crippen molar-refractivity contribution in [1.82, 2.24) is 9.78 Å². The highest BCUT2D eigenvalue weighted by atomic mass is 79.9. The van der Waals surface area contributed by atoms with E-state index in [1.165, 1.54) is 11.3 Å². The maximum absolute atomic E-state index is 5.26. The summed E-state index contributed by atoms with van der Waals surface area (Å²) in [6.45, 7) is 2.82. The minimum atomic E-state index is 0.754. The molecule has 5 heteroatoms. The Hall–Kier alpha value is -1.49. The van der Waals surface area contributed by atoms with Gasteiger partial charge < -0.3 is 10.1 Å². The van der Waals surface area contributed by atoms with Crippen LogP contribution in [0.25, 0.3) is 0 Å². The molecule has 0 bridgehead atoms. The first-order chi connectivity index (χ1) is 8.61. The van der Waals surface area contributed by atoms with E-state index in [0.717, 1.165) is 22.5 Å². The Morgan fingerprint density at radius 3 is 2.83 bits per heavy atom. The van der Waals surface area contributed by atoms with Crippen LogP contribution in [0.2, 0.25) is 0 Å². The van der Waals surface area contributed by atoms with Gasteiger partial charge in [-0.2, -0.15) is 5.10 Å². The number of benzene rings is 1. The molecule has 0 spiro atoms. The monoisotopic (exact) mass is 309 g/mol. The molecule has 0 saturated heterocycles. The van der Waals surface area contributed by atoms with Crippen molar-refractivity contribution in [2.75, 3.05) is 12.4 Å². The summed E-state index contributed by atoms with van der Waals surface area (Å²) in [6.07, 6.45) is 1.89. The topological polar surface area (TPSA) is 39.1 Å². The second-order valence-electron chi connectivity index (χ2n) is 4.08. The van der Waals surface area contributed by atoms with Crippen molar-refractivity contribution in [3.63, 3.8) is 0 Å². The molecular weight excluding hydrogens is 294 g/mol. The Balaban J connectivity index is 2.08. The third-order valence-corrected chi connectivity index (χ3v) is 3.63. The van der Waals surface area contributed by atoms with E-state index in [2.05, 4.69) is 33.3 Å². The number of methoxy groups -OCH3 is 1. The number of aryl methyl sites for hydroxylation is 1. The van der Waals surface area contributed by atoms with Gasteiger partial charge in [0.05, 0.1) is 17.8 Å². The van der Waals surface area contributed by atoms with Crippen LogP contribution in [0.5, 0.6) is 5.75 Å². The van der Waals surface area contributed by atoms with E-state index in [-0.39, 0.29) is 0 Å². The van der Waals surface area contributed by atoms with Crippen LogP contribution in [0.15, 0.2) is 28.9 Å². The van der Waals surface area contributed by atoms with Crippen molar-refractivity contribution in [3.05, 3.63) is 40.1 Å². The first-order valence-corrected chi connectivity index (χ1v) is 6.46. The molecule has 0 aliphatic carbocycles. The zero-order chi connectivity index (χ0) is 13.1. The fourth-order valence-corrected chi connectivity index (χ4v) is 2.09. The summed E-state index contributed by atoms with van der Waals surface area (Å²) in [7, 11) is 3.61. The fraction of sp³-hybridized carbons (Fsp3) is 0.308. The predicted octanol–water partition coefficient (Wildman–Crippen LogP) is 3.11. The van der Waals surface area contributed by atoms with Crippen LogP contribution in [0.4, 0.5) is 5.69 Å². The molecule has 4 nitrogen and oxygen atoms in total. The average Bonchev–Trinajstić information content (AvgIpc) is 2.69. The number of ether oxygens (including phenoxy) is 1. The van der Waals surface area contributed by atoms with Crippen LogP contribution >= 0.6 is 15.9 Å². The molecule has 0 fully saturated rings. The van der Waals surface area contributed by atoms with Crippen molar-refractivity contribution in [3.8, 4) is 5.75 Å². The summed E-state index contributed by atoms with van der Waals surface area (Å²) < 4.78 is 8.09. The quantitative estimate of drug-likeness (QED) is 0.943. The molecule has 0 radical (unpaired) electrons. The maximum Gasteiger partial charge on any atom is 0.135 e. The molecule has 0 saturated carbocycles. The standard InChI is InChI=1S/C13H16BrN3O/c1-9-10(8-16-17(9)2)7-15-11-4-5-12(14)13(6-11)18-3/h4-6,8,15H,7H2,1-3H3. The van der Waals surface area contributed by atoms with Gasteiger partial charge in [0.25, 0.3) is 0 Å². The molecule has 1 N–H and O–H groups in total. The Kier molecular flexibility index (Phi) is 3.91. The Bertz CT molecular complexity index is 551. The number of nitrogens with one attached hydrogen (secondary N) is 1. The SMILES string of the molecule is COc1cc(NCc2cnn(C)c2C)ccc1Br. The summed E-state index contributed by atoms with van der Waals surface area (Å²) >= 11 is 3.44. The maximum atomic E-state index is 5.26. The number of anilines is 1. The Morgan fingerprint density at radius 1 is 1.44 bits per heavy atom. The molecule has 1 aromatic heterocycles. The van der Waals surface area contributed by atoms with Gasteiger partial charge in [-0.3, -0.25) is 4.68 Å². The van der Waals surface area contributed by atoms with Gasteiger partial charge in [-0.25, -0.2) is 0 Å². The third-order valence-electron chi connectivity index (χ3n) is 2.97. The molecule has 0 unspecified atom stereocenters. The first-order valence-electron chi connectivity index (χ1n) is 5.66. The molecule has 0 aliphatic rings. The van der Waals surface area contributed by atoms with E-state index in [4.69, 9.17) is 4.74 Å². The molecule has 96 valence electrons. The lowest BCUT2D eigenvalue weighted by Gasteiger charge is -2.09. The molecule has 1 aromatic carbocycles. The minimum Gasteiger partial charge on any atom is -0.495 e. The lowest BCUT2D eigenvalue weighted by Crippen LogP contribution is -2.01. The molecule has 0 aliphatic heterocycles. The largest absolute Gasteiger partial charge is 0.495 e. The summed E-state index contributed by atoms with van der Waals surface area (Å²) in [5.41, 5.74) is 3.39. The summed E-state index contributed by atoms with van der Waals surface area (Å²) in [5, 5.41) is 7.58. The van der Waals surface area contributed by atoms with E-state index in [1.807, 2.05) is 36.1 Å². The van der Waals surface area contributed by atoms with Gasteiger partial charge in [-0.15, -0.1) is 0 Å². The number of hydrogen-bond donors (Lipinski definition) is 1. The van der Waals surface area contributed by atoms with Crippen molar-refractivity contribution in [2.45, 2.75) is 13.5 Å². The Morgan fingerprint density at radius 2 is 2.22 bits per heavy atom. The summed E-state index contributed by atoms with van der Waals surface area (Å²) in [5.74, 6) is 0.822.